The van der Waals surface area contributed by atoms with E-state index in [4.69, 9.17) is 16.3 Å². The van der Waals surface area contributed by atoms with E-state index in [0.29, 0.717) is 11.1 Å². The largest absolute Gasteiger partial charge is 0.423 e. The number of halogens is 1. The molecule has 0 aliphatic rings. The van der Waals surface area contributed by atoms with Crippen molar-refractivity contribution >= 4 is 40.1 Å². The number of nitrogens with one attached hydrogen (secondary N) is 2. The molecule has 0 saturated heterocycles. The van der Waals surface area contributed by atoms with Crippen LogP contribution in [0.2, 0.25) is 5.02 Å². The lowest BCUT2D eigenvalue weighted by Crippen LogP contribution is -2.25. The lowest BCUT2D eigenvalue weighted by molar-refractivity contribution is -0.134. The van der Waals surface area contributed by atoms with Crippen LogP contribution in [0.4, 0.5) is 5.69 Å². The smallest absolute Gasteiger partial charge is 0.311 e. The molecule has 1 amide bonds. The second kappa shape index (κ2) is 11.8. The minimum Gasteiger partial charge on any atom is -0.423 e. The van der Waals surface area contributed by atoms with Gasteiger partial charge in [-0.3, -0.25) is 19.0 Å². The maximum Gasteiger partial charge on any atom is 0.311 e. The first-order chi connectivity index (χ1) is 20.9. The van der Waals surface area contributed by atoms with Crippen LogP contribution in [0.25, 0.3) is 38.8 Å². The average molecular weight is 588 g/mol. The third kappa shape index (κ3) is 5.71. The number of amides is 1. The van der Waals surface area contributed by atoms with Gasteiger partial charge in [-0.25, -0.2) is 0 Å². The number of fused-ring (bicyclic) bond motifs is 1. The number of nitrogens with zero attached hydrogens (tertiary/aromatic N) is 1. The Morgan fingerprint density at radius 3 is 2.35 bits per heavy atom. The molecule has 212 valence electrons. The molecule has 0 unspecified atom stereocenters. The van der Waals surface area contributed by atoms with Gasteiger partial charge in [-0.2, -0.15) is 0 Å². The van der Waals surface area contributed by atoms with Crippen molar-refractivity contribution in [2.24, 2.45) is 0 Å². The maximum absolute atomic E-state index is 13.9. The van der Waals surface area contributed by atoms with E-state index in [2.05, 4.69) is 10.3 Å². The molecule has 0 bridgehead atoms. The number of hydrogen-bond acceptors (Lipinski definition) is 4. The van der Waals surface area contributed by atoms with Crippen LogP contribution in [-0.2, 0) is 4.79 Å². The molecule has 2 aromatic heterocycles. The molecule has 0 aliphatic carbocycles. The molecule has 4 aromatic carbocycles. The van der Waals surface area contributed by atoms with Gasteiger partial charge in [-0.05, 0) is 70.6 Å². The summed E-state index contributed by atoms with van der Waals surface area (Å²) in [4.78, 5) is 42.7. The summed E-state index contributed by atoms with van der Waals surface area (Å²) in [5.41, 5.74) is 4.64. The Balaban J connectivity index is 1.44. The molecule has 0 aliphatic heterocycles. The average Bonchev–Trinajstić information content (AvgIpc) is 3.52. The van der Waals surface area contributed by atoms with Crippen molar-refractivity contribution in [3.05, 3.63) is 136 Å². The molecule has 6 aromatic rings. The zero-order valence-corrected chi connectivity index (χ0v) is 23.9. The Morgan fingerprint density at radius 2 is 1.58 bits per heavy atom. The molecule has 0 radical (unpaired) electrons. The zero-order valence-electron chi connectivity index (χ0n) is 23.1. The summed E-state index contributed by atoms with van der Waals surface area (Å²) in [7, 11) is 0. The van der Waals surface area contributed by atoms with E-state index in [1.165, 1.54) is 4.57 Å². The fourth-order valence-corrected chi connectivity index (χ4v) is 5.06. The van der Waals surface area contributed by atoms with Gasteiger partial charge in [0.25, 0.3) is 11.5 Å². The molecule has 6 rings (SSSR count). The molecule has 7 nitrogen and oxygen atoms in total. The number of H-pyrrole nitrogens is 1. The first kappa shape index (κ1) is 27.8. The maximum atomic E-state index is 13.9. The Hall–Kier alpha value is -5.40. The van der Waals surface area contributed by atoms with Crippen LogP contribution in [0.1, 0.15) is 23.7 Å². The van der Waals surface area contributed by atoms with E-state index in [0.717, 1.165) is 27.6 Å². The van der Waals surface area contributed by atoms with Crippen molar-refractivity contribution in [2.45, 2.75) is 13.3 Å². The van der Waals surface area contributed by atoms with E-state index >= 15 is 0 Å². The molecular weight excluding hydrogens is 562 g/mol. The van der Waals surface area contributed by atoms with E-state index in [-0.39, 0.29) is 28.6 Å². The minimum absolute atomic E-state index is 0.0524. The van der Waals surface area contributed by atoms with Crippen LogP contribution in [0.5, 0.6) is 5.75 Å². The molecule has 2 heterocycles. The minimum atomic E-state index is -0.517. The number of aromatic amines is 1. The highest BCUT2D eigenvalue weighted by Crippen LogP contribution is 2.33. The number of anilines is 1. The van der Waals surface area contributed by atoms with Crippen LogP contribution in [0.3, 0.4) is 0 Å². The topological polar surface area (TPSA) is 93.2 Å². The summed E-state index contributed by atoms with van der Waals surface area (Å²) >= 11 is 6.44. The second-order valence-electron chi connectivity index (χ2n) is 9.91. The summed E-state index contributed by atoms with van der Waals surface area (Å²) in [6.07, 6.45) is 3.63. The predicted octanol–water partition coefficient (Wildman–Crippen LogP) is 7.87. The summed E-state index contributed by atoms with van der Waals surface area (Å²) in [5, 5.41) is 3.97. The summed E-state index contributed by atoms with van der Waals surface area (Å²) in [5.74, 6) is -0.876. The number of carbonyl (C=O) groups excluding carboxylic acids is 2. The van der Waals surface area contributed by atoms with Gasteiger partial charge in [0.2, 0.25) is 0 Å². The van der Waals surface area contributed by atoms with Crippen molar-refractivity contribution in [3.63, 3.8) is 0 Å². The van der Waals surface area contributed by atoms with Crippen LogP contribution < -0.4 is 15.6 Å². The molecule has 0 saturated carbocycles. The van der Waals surface area contributed by atoms with Gasteiger partial charge < -0.3 is 15.0 Å². The Kier molecular flexibility index (Phi) is 7.64. The fraction of sp³-hybridized carbons (Fsp3) is 0.0571. The predicted molar refractivity (Wildman–Crippen MR) is 170 cm³/mol. The number of esters is 1. The number of para-hydroxylation sites is 1. The van der Waals surface area contributed by atoms with Gasteiger partial charge in [0.05, 0.1) is 10.7 Å². The molecule has 2 N–H and O–H groups in total. The van der Waals surface area contributed by atoms with Gasteiger partial charge in [-0.15, -0.1) is 0 Å². The molecule has 8 heteroatoms. The van der Waals surface area contributed by atoms with Crippen molar-refractivity contribution < 1.29 is 14.3 Å². The highest BCUT2D eigenvalue weighted by molar-refractivity contribution is 6.32. The summed E-state index contributed by atoms with van der Waals surface area (Å²) in [6.45, 7) is 1.67. The number of hydrogen-bond donors (Lipinski definition) is 2. The highest BCUT2D eigenvalue weighted by Gasteiger charge is 2.19. The molecule has 0 fully saturated rings. The van der Waals surface area contributed by atoms with E-state index in [1.807, 2.05) is 72.9 Å². The highest BCUT2D eigenvalue weighted by atomic mass is 35.5. The number of rotatable bonds is 7. The molecule has 0 spiro atoms. The Labute approximate surface area is 252 Å². The molecule has 43 heavy (non-hydrogen) atoms. The first-order valence-corrected chi connectivity index (χ1v) is 14.1. The van der Waals surface area contributed by atoms with E-state index in [9.17, 15) is 14.4 Å². The second-order valence-corrected chi connectivity index (χ2v) is 10.3. The van der Waals surface area contributed by atoms with Gasteiger partial charge >= 0.3 is 5.97 Å². The van der Waals surface area contributed by atoms with Crippen molar-refractivity contribution in [1.29, 1.82) is 0 Å². The van der Waals surface area contributed by atoms with Gasteiger partial charge in [0.15, 0.2) is 5.75 Å². The van der Waals surface area contributed by atoms with Crippen LogP contribution in [0.15, 0.2) is 120 Å². The van der Waals surface area contributed by atoms with Crippen LogP contribution in [0, 0.1) is 0 Å². The van der Waals surface area contributed by atoms with Gasteiger partial charge in [0.1, 0.15) is 5.69 Å². The zero-order chi connectivity index (χ0) is 29.9. The quantitative estimate of drug-likeness (QED) is 0.147. The number of aromatic nitrogens is 2. The Bertz CT molecular complexity index is 2030. The number of benzene rings is 4. The SMILES string of the molecule is CCC(=O)Oc1c(Cl)cccc1-n1cc(-c2ccc3[nH]ccc3c2)cc(NC(=O)c2ccc(-c3ccccc3)cc2)c1=O. The normalized spacial score (nSPS) is 10.9. The first-order valence-electron chi connectivity index (χ1n) is 13.7. The fourth-order valence-electron chi connectivity index (χ4n) is 4.85. The third-order valence-corrected chi connectivity index (χ3v) is 7.41. The lowest BCUT2D eigenvalue weighted by atomic mass is 10.0. The lowest BCUT2D eigenvalue weighted by Gasteiger charge is -2.16. The van der Waals surface area contributed by atoms with Crippen LogP contribution >= 0.6 is 11.6 Å². The van der Waals surface area contributed by atoms with E-state index < -0.39 is 17.4 Å². The monoisotopic (exact) mass is 587 g/mol. The number of ether oxygens (including phenoxy) is 1. The molecule has 0 atom stereocenters. The number of pyridine rings is 1. The van der Waals surface area contributed by atoms with Crippen molar-refractivity contribution in [1.82, 2.24) is 9.55 Å². The van der Waals surface area contributed by atoms with Crippen molar-refractivity contribution in [2.75, 3.05) is 5.32 Å². The molecular formula is C35H26ClN3O4. The summed E-state index contributed by atoms with van der Waals surface area (Å²) < 4.78 is 6.89. The van der Waals surface area contributed by atoms with Gasteiger partial charge in [0, 0.05) is 35.5 Å². The third-order valence-electron chi connectivity index (χ3n) is 7.12. The number of carbonyl (C=O) groups is 2. The Morgan fingerprint density at radius 1 is 0.837 bits per heavy atom. The van der Waals surface area contributed by atoms with Crippen molar-refractivity contribution in [3.8, 4) is 33.7 Å². The van der Waals surface area contributed by atoms with Gasteiger partial charge in [-0.1, -0.05) is 73.1 Å². The van der Waals surface area contributed by atoms with E-state index in [1.54, 1.807) is 49.5 Å². The van der Waals surface area contributed by atoms with Crippen LogP contribution in [-0.4, -0.2) is 21.4 Å². The standard InChI is InChI=1S/C35H26ClN3O4/c1-2-32(40)43-33-28(36)9-6-10-31(33)39-21-27(25-15-16-29-26(19-25)17-18-37-29)20-30(35(39)42)38-34(41)24-13-11-23(12-14-24)22-7-4-3-5-8-22/h3-21,37H,2H2,1H3,(H,38,41). The summed E-state index contributed by atoms with van der Waals surface area (Å²) in [6, 6.07) is 31.4.